The number of fused-ring (bicyclic) bond motifs is 1. The maximum atomic E-state index is 6.62. The molecule has 0 saturated carbocycles. The highest BCUT2D eigenvalue weighted by Crippen LogP contribution is 2.38. The van der Waals surface area contributed by atoms with Crippen molar-refractivity contribution >= 4 is 23.2 Å². The molecule has 1 aliphatic heterocycles. The van der Waals surface area contributed by atoms with Gasteiger partial charge in [-0.3, -0.25) is 0 Å². The third-order valence-corrected chi connectivity index (χ3v) is 4.71. The van der Waals surface area contributed by atoms with E-state index >= 15 is 0 Å². The van der Waals surface area contributed by atoms with Gasteiger partial charge in [-0.15, -0.1) is 11.6 Å². The second kappa shape index (κ2) is 5.31. The Labute approximate surface area is 129 Å². The molecule has 0 aromatic heterocycles. The number of rotatable bonds is 2. The number of halogens is 2. The largest absolute Gasteiger partial charge is 0.490 e. The van der Waals surface area contributed by atoms with Crippen molar-refractivity contribution in [2.75, 3.05) is 0 Å². The quantitative estimate of drug-likeness (QED) is 0.684. The summed E-state index contributed by atoms with van der Waals surface area (Å²) < 4.78 is 5.72. The van der Waals surface area contributed by atoms with Crippen LogP contribution in [-0.2, 0) is 6.42 Å². The van der Waals surface area contributed by atoms with Crippen LogP contribution in [0.1, 0.15) is 34.6 Å². The van der Waals surface area contributed by atoms with E-state index in [0.717, 1.165) is 33.9 Å². The lowest BCUT2D eigenvalue weighted by Gasteiger charge is -2.14. The highest BCUT2D eigenvalue weighted by atomic mass is 35.5. The van der Waals surface area contributed by atoms with Crippen LogP contribution in [0.2, 0.25) is 5.02 Å². The van der Waals surface area contributed by atoms with Gasteiger partial charge >= 0.3 is 0 Å². The monoisotopic (exact) mass is 306 g/mol. The molecule has 1 nitrogen and oxygen atoms in total. The van der Waals surface area contributed by atoms with Gasteiger partial charge in [0.15, 0.2) is 0 Å². The summed E-state index contributed by atoms with van der Waals surface area (Å²) in [7, 11) is 0. The van der Waals surface area contributed by atoms with Crippen LogP contribution >= 0.6 is 23.2 Å². The molecular formula is C17H16Cl2O. The van der Waals surface area contributed by atoms with Crippen molar-refractivity contribution in [3.63, 3.8) is 0 Å². The Kier molecular flexibility index (Phi) is 3.66. The molecule has 1 heterocycles. The fraction of sp³-hybridized carbons (Fsp3) is 0.294. The molecular weight excluding hydrogens is 291 g/mol. The van der Waals surface area contributed by atoms with Crippen molar-refractivity contribution in [3.05, 3.63) is 63.7 Å². The standard InChI is InChI=1S/C17H16Cl2O/c1-10-4-3-5-14(16(10)18)17(19)12-6-7-15-13(9-12)8-11(2)20-15/h3-7,9,11,17H,8H2,1-2H3. The molecule has 0 N–H and O–H groups in total. The molecule has 0 saturated heterocycles. The average molecular weight is 307 g/mol. The average Bonchev–Trinajstić information content (AvgIpc) is 2.80. The molecule has 0 fully saturated rings. The molecule has 104 valence electrons. The van der Waals surface area contributed by atoms with Crippen LogP contribution in [0.4, 0.5) is 0 Å². The van der Waals surface area contributed by atoms with Crippen LogP contribution in [0.15, 0.2) is 36.4 Å². The van der Waals surface area contributed by atoms with Crippen molar-refractivity contribution in [1.29, 1.82) is 0 Å². The molecule has 2 unspecified atom stereocenters. The normalized spacial score (nSPS) is 18.5. The molecule has 0 radical (unpaired) electrons. The zero-order chi connectivity index (χ0) is 14.3. The van der Waals surface area contributed by atoms with Crippen LogP contribution in [0.3, 0.4) is 0 Å². The van der Waals surface area contributed by atoms with Gasteiger partial charge in [-0.25, -0.2) is 0 Å². The minimum atomic E-state index is -0.233. The van der Waals surface area contributed by atoms with Crippen molar-refractivity contribution in [2.24, 2.45) is 0 Å². The molecule has 1 aliphatic rings. The second-order valence-corrected chi connectivity index (χ2v) is 6.15. The fourth-order valence-electron chi connectivity index (χ4n) is 2.65. The first-order valence-electron chi connectivity index (χ1n) is 6.75. The van der Waals surface area contributed by atoms with Gasteiger partial charge in [0.2, 0.25) is 0 Å². The van der Waals surface area contributed by atoms with E-state index in [1.165, 1.54) is 5.56 Å². The van der Waals surface area contributed by atoms with Crippen LogP contribution in [-0.4, -0.2) is 6.10 Å². The van der Waals surface area contributed by atoms with E-state index in [0.29, 0.717) is 0 Å². The SMILES string of the molecule is Cc1cccc(C(Cl)c2ccc3c(c2)CC(C)O3)c1Cl. The number of aryl methyl sites for hydroxylation is 1. The molecule has 0 spiro atoms. The Morgan fingerprint density at radius 3 is 2.85 bits per heavy atom. The Hall–Kier alpha value is -1.18. The van der Waals surface area contributed by atoms with Crippen LogP contribution in [0, 0.1) is 6.92 Å². The van der Waals surface area contributed by atoms with Crippen molar-refractivity contribution in [1.82, 2.24) is 0 Å². The third kappa shape index (κ3) is 2.41. The highest BCUT2D eigenvalue weighted by molar-refractivity contribution is 6.33. The molecule has 0 amide bonds. The number of hydrogen-bond acceptors (Lipinski definition) is 1. The maximum Gasteiger partial charge on any atom is 0.123 e. The summed E-state index contributed by atoms with van der Waals surface area (Å²) in [6, 6.07) is 12.1. The summed E-state index contributed by atoms with van der Waals surface area (Å²) in [5.41, 5.74) is 4.30. The van der Waals surface area contributed by atoms with Crippen molar-refractivity contribution in [3.8, 4) is 5.75 Å². The first kappa shape index (κ1) is 13.8. The van der Waals surface area contributed by atoms with E-state index in [1.807, 2.05) is 37.3 Å². The minimum absolute atomic E-state index is 0.233. The van der Waals surface area contributed by atoms with Gasteiger partial charge in [-0.05, 0) is 42.2 Å². The fourth-order valence-corrected chi connectivity index (χ4v) is 3.25. The van der Waals surface area contributed by atoms with E-state index in [1.54, 1.807) is 0 Å². The Balaban J connectivity index is 1.97. The molecule has 0 aliphatic carbocycles. The zero-order valence-corrected chi connectivity index (χ0v) is 13.0. The van der Waals surface area contributed by atoms with Crippen LogP contribution in [0.25, 0.3) is 0 Å². The van der Waals surface area contributed by atoms with Gasteiger partial charge in [-0.2, -0.15) is 0 Å². The number of hydrogen-bond donors (Lipinski definition) is 0. The van der Waals surface area contributed by atoms with Gasteiger partial charge in [0.25, 0.3) is 0 Å². The molecule has 3 heteroatoms. The maximum absolute atomic E-state index is 6.62. The van der Waals surface area contributed by atoms with Crippen LogP contribution < -0.4 is 4.74 Å². The molecule has 0 bridgehead atoms. The van der Waals surface area contributed by atoms with Gasteiger partial charge in [0.05, 0.1) is 5.38 Å². The predicted molar refractivity (Wildman–Crippen MR) is 84.1 cm³/mol. The van der Waals surface area contributed by atoms with E-state index in [2.05, 4.69) is 13.0 Å². The summed E-state index contributed by atoms with van der Waals surface area (Å²) in [6.45, 7) is 4.07. The van der Waals surface area contributed by atoms with Gasteiger partial charge in [0.1, 0.15) is 11.9 Å². The molecule has 2 atom stereocenters. The zero-order valence-electron chi connectivity index (χ0n) is 11.5. The smallest absolute Gasteiger partial charge is 0.123 e. The first-order valence-corrected chi connectivity index (χ1v) is 7.56. The topological polar surface area (TPSA) is 9.23 Å². The first-order chi connectivity index (χ1) is 9.56. The van der Waals surface area contributed by atoms with E-state index in [9.17, 15) is 0 Å². The Bertz CT molecular complexity index is 651. The summed E-state index contributed by atoms with van der Waals surface area (Å²) in [5, 5.41) is 0.515. The summed E-state index contributed by atoms with van der Waals surface area (Å²) >= 11 is 13.0. The molecule has 20 heavy (non-hydrogen) atoms. The van der Waals surface area contributed by atoms with Crippen molar-refractivity contribution in [2.45, 2.75) is 31.7 Å². The van der Waals surface area contributed by atoms with E-state index < -0.39 is 0 Å². The lowest BCUT2D eigenvalue weighted by atomic mass is 9.99. The Morgan fingerprint density at radius 1 is 1.25 bits per heavy atom. The number of alkyl halides is 1. The summed E-state index contributed by atoms with van der Waals surface area (Å²) in [6.07, 6.45) is 1.19. The lowest BCUT2D eigenvalue weighted by molar-refractivity contribution is 0.254. The van der Waals surface area contributed by atoms with Gasteiger partial charge < -0.3 is 4.74 Å². The summed E-state index contributed by atoms with van der Waals surface area (Å²) in [4.78, 5) is 0. The molecule has 2 aromatic carbocycles. The lowest BCUT2D eigenvalue weighted by Crippen LogP contribution is -2.05. The molecule has 3 rings (SSSR count). The summed E-state index contributed by atoms with van der Waals surface area (Å²) in [5.74, 6) is 0.973. The highest BCUT2D eigenvalue weighted by Gasteiger charge is 2.22. The minimum Gasteiger partial charge on any atom is -0.490 e. The Morgan fingerprint density at radius 2 is 2.05 bits per heavy atom. The van der Waals surface area contributed by atoms with E-state index in [4.69, 9.17) is 27.9 Å². The van der Waals surface area contributed by atoms with E-state index in [-0.39, 0.29) is 11.5 Å². The third-order valence-electron chi connectivity index (χ3n) is 3.71. The number of ether oxygens (including phenoxy) is 1. The van der Waals surface area contributed by atoms with Gasteiger partial charge in [-0.1, -0.05) is 41.9 Å². The second-order valence-electron chi connectivity index (χ2n) is 5.34. The predicted octanol–water partition coefficient (Wildman–Crippen LogP) is 5.30. The van der Waals surface area contributed by atoms with Crippen molar-refractivity contribution < 1.29 is 4.74 Å². The van der Waals surface area contributed by atoms with Crippen LogP contribution in [0.5, 0.6) is 5.75 Å². The molecule has 2 aromatic rings. The van der Waals surface area contributed by atoms with Gasteiger partial charge in [0, 0.05) is 11.4 Å². The number of benzene rings is 2.